The van der Waals surface area contributed by atoms with E-state index in [1.54, 1.807) is 0 Å². The van der Waals surface area contributed by atoms with Crippen LogP contribution in [0.1, 0.15) is 72.1 Å². The van der Waals surface area contributed by atoms with Gasteiger partial charge in [-0.1, -0.05) is 33.6 Å². The van der Waals surface area contributed by atoms with Crippen LogP contribution in [0.4, 0.5) is 0 Å². The van der Waals surface area contributed by atoms with E-state index in [0.29, 0.717) is 5.54 Å². The molecule has 0 radical (unpaired) electrons. The van der Waals surface area contributed by atoms with Crippen molar-refractivity contribution in [1.29, 1.82) is 0 Å². The highest BCUT2D eigenvalue weighted by molar-refractivity contribution is 5.02. The second kappa shape index (κ2) is 5.96. The van der Waals surface area contributed by atoms with Gasteiger partial charge < -0.3 is 5.32 Å². The first-order valence-corrected chi connectivity index (χ1v) is 9.14. The van der Waals surface area contributed by atoms with Crippen LogP contribution in [0, 0.1) is 11.8 Å². The predicted molar refractivity (Wildman–Crippen MR) is 86.0 cm³/mol. The molecule has 1 N–H and O–H groups in total. The molecule has 1 spiro atoms. The van der Waals surface area contributed by atoms with Crippen molar-refractivity contribution in [3.05, 3.63) is 0 Å². The first-order valence-electron chi connectivity index (χ1n) is 9.14. The van der Waals surface area contributed by atoms with Crippen molar-refractivity contribution < 1.29 is 0 Å². The summed E-state index contributed by atoms with van der Waals surface area (Å²) in [4.78, 5) is 2.93. The molecule has 0 aromatic heterocycles. The highest BCUT2D eigenvalue weighted by Gasteiger charge is 2.43. The molecule has 2 heteroatoms. The van der Waals surface area contributed by atoms with E-state index in [0.717, 1.165) is 23.9 Å². The van der Waals surface area contributed by atoms with Gasteiger partial charge in [0.1, 0.15) is 0 Å². The molecule has 0 bridgehead atoms. The lowest BCUT2D eigenvalue weighted by Gasteiger charge is -2.51. The lowest BCUT2D eigenvalue weighted by Crippen LogP contribution is -2.65. The molecular formula is C18H34N2. The predicted octanol–water partition coefficient (Wildman–Crippen LogP) is 3.81. The Morgan fingerprint density at radius 1 is 1.10 bits per heavy atom. The summed E-state index contributed by atoms with van der Waals surface area (Å²) in [5.41, 5.74) is 0.484. The molecule has 0 aromatic carbocycles. The van der Waals surface area contributed by atoms with Gasteiger partial charge in [-0.25, -0.2) is 0 Å². The number of hydrogen-bond acceptors (Lipinski definition) is 2. The maximum absolute atomic E-state index is 3.94. The highest BCUT2D eigenvalue weighted by atomic mass is 15.3. The van der Waals surface area contributed by atoms with Crippen molar-refractivity contribution >= 4 is 0 Å². The van der Waals surface area contributed by atoms with Gasteiger partial charge >= 0.3 is 0 Å². The van der Waals surface area contributed by atoms with Crippen molar-refractivity contribution in [3.8, 4) is 0 Å². The second-order valence-corrected chi connectivity index (χ2v) is 8.02. The third-order valence-corrected chi connectivity index (χ3v) is 6.74. The van der Waals surface area contributed by atoms with Crippen LogP contribution < -0.4 is 5.32 Å². The molecule has 1 saturated heterocycles. The summed E-state index contributed by atoms with van der Waals surface area (Å²) in [7, 11) is 0. The van der Waals surface area contributed by atoms with Crippen LogP contribution in [0.15, 0.2) is 0 Å². The Kier molecular flexibility index (Phi) is 4.42. The molecule has 0 amide bonds. The molecule has 3 rings (SSSR count). The monoisotopic (exact) mass is 278 g/mol. The van der Waals surface area contributed by atoms with Gasteiger partial charge in [-0.3, -0.25) is 4.90 Å². The normalized spacial score (nSPS) is 42.1. The van der Waals surface area contributed by atoms with E-state index >= 15 is 0 Å². The molecule has 2 saturated carbocycles. The van der Waals surface area contributed by atoms with E-state index in [2.05, 4.69) is 31.0 Å². The zero-order valence-electron chi connectivity index (χ0n) is 13.8. The maximum atomic E-state index is 3.94. The zero-order chi connectivity index (χ0) is 14.2. The standard InChI is InChI=1S/C18H34N2/c1-4-16-12-19-18(9-5-6-10-18)13-20(16)17-8-7-14(2)15(3)11-17/h14-17,19H,4-13H2,1-3H3. The van der Waals surface area contributed by atoms with Gasteiger partial charge in [-0.05, 0) is 50.4 Å². The quantitative estimate of drug-likeness (QED) is 0.826. The maximum Gasteiger partial charge on any atom is 0.0309 e. The van der Waals surface area contributed by atoms with E-state index in [-0.39, 0.29) is 0 Å². The van der Waals surface area contributed by atoms with Crippen LogP contribution >= 0.6 is 0 Å². The largest absolute Gasteiger partial charge is 0.308 e. The highest BCUT2D eigenvalue weighted by Crippen LogP contribution is 2.38. The van der Waals surface area contributed by atoms with Crippen LogP contribution in [0.25, 0.3) is 0 Å². The van der Waals surface area contributed by atoms with Gasteiger partial charge in [0, 0.05) is 30.7 Å². The van der Waals surface area contributed by atoms with Gasteiger partial charge in [0.05, 0.1) is 0 Å². The summed E-state index contributed by atoms with van der Waals surface area (Å²) in [6.07, 6.45) is 11.3. The zero-order valence-corrected chi connectivity index (χ0v) is 13.8. The van der Waals surface area contributed by atoms with E-state index in [4.69, 9.17) is 0 Å². The van der Waals surface area contributed by atoms with Crippen LogP contribution in [-0.2, 0) is 0 Å². The van der Waals surface area contributed by atoms with Crippen molar-refractivity contribution in [3.63, 3.8) is 0 Å². The molecule has 4 unspecified atom stereocenters. The summed E-state index contributed by atoms with van der Waals surface area (Å²) in [5, 5.41) is 3.94. The average Bonchev–Trinajstić information content (AvgIpc) is 2.90. The Morgan fingerprint density at radius 2 is 1.85 bits per heavy atom. The number of rotatable bonds is 2. The fraction of sp³-hybridized carbons (Fsp3) is 1.00. The average molecular weight is 278 g/mol. The molecule has 4 atom stereocenters. The van der Waals surface area contributed by atoms with Gasteiger partial charge in [-0.15, -0.1) is 0 Å². The fourth-order valence-corrected chi connectivity index (χ4v) is 5.00. The molecule has 3 fully saturated rings. The van der Waals surface area contributed by atoms with E-state index in [9.17, 15) is 0 Å². The summed E-state index contributed by atoms with van der Waals surface area (Å²) in [6.45, 7) is 9.87. The molecule has 2 aliphatic carbocycles. The Hall–Kier alpha value is -0.0800. The minimum absolute atomic E-state index is 0.484. The Labute approximate surface area is 125 Å². The number of nitrogens with zero attached hydrogens (tertiary/aromatic N) is 1. The minimum atomic E-state index is 0.484. The Morgan fingerprint density at radius 3 is 2.50 bits per heavy atom. The lowest BCUT2D eigenvalue weighted by atomic mass is 9.77. The molecule has 20 heavy (non-hydrogen) atoms. The third-order valence-electron chi connectivity index (χ3n) is 6.74. The molecule has 3 aliphatic rings. The van der Waals surface area contributed by atoms with Crippen molar-refractivity contribution in [2.24, 2.45) is 11.8 Å². The number of nitrogens with one attached hydrogen (secondary N) is 1. The van der Waals surface area contributed by atoms with Crippen LogP contribution in [0.5, 0.6) is 0 Å². The molecule has 2 nitrogen and oxygen atoms in total. The van der Waals surface area contributed by atoms with Crippen LogP contribution in [0.3, 0.4) is 0 Å². The Bertz CT molecular complexity index is 321. The van der Waals surface area contributed by atoms with Gasteiger partial charge in [-0.2, -0.15) is 0 Å². The van der Waals surface area contributed by atoms with E-state index in [1.807, 2.05) is 0 Å². The topological polar surface area (TPSA) is 15.3 Å². The van der Waals surface area contributed by atoms with E-state index in [1.165, 1.54) is 64.5 Å². The summed E-state index contributed by atoms with van der Waals surface area (Å²) >= 11 is 0. The number of piperazine rings is 1. The van der Waals surface area contributed by atoms with Gasteiger partial charge in [0.25, 0.3) is 0 Å². The van der Waals surface area contributed by atoms with Crippen molar-refractivity contribution in [1.82, 2.24) is 10.2 Å². The van der Waals surface area contributed by atoms with Crippen molar-refractivity contribution in [2.75, 3.05) is 13.1 Å². The minimum Gasteiger partial charge on any atom is -0.308 e. The van der Waals surface area contributed by atoms with Gasteiger partial charge in [0.15, 0.2) is 0 Å². The second-order valence-electron chi connectivity index (χ2n) is 8.02. The molecule has 0 aromatic rings. The smallest absolute Gasteiger partial charge is 0.0309 e. The SMILES string of the molecule is CCC1CNC2(CCCC2)CN1C1CCC(C)C(C)C1. The fourth-order valence-electron chi connectivity index (χ4n) is 5.00. The number of hydrogen-bond donors (Lipinski definition) is 1. The molecule has 1 heterocycles. The van der Waals surface area contributed by atoms with Gasteiger partial charge in [0.2, 0.25) is 0 Å². The third kappa shape index (κ3) is 2.78. The molecular weight excluding hydrogens is 244 g/mol. The van der Waals surface area contributed by atoms with Crippen LogP contribution in [-0.4, -0.2) is 35.6 Å². The van der Waals surface area contributed by atoms with E-state index < -0.39 is 0 Å². The van der Waals surface area contributed by atoms with Crippen molar-refractivity contribution in [2.45, 2.75) is 89.8 Å². The molecule has 116 valence electrons. The Balaban J connectivity index is 1.70. The first kappa shape index (κ1) is 14.8. The summed E-state index contributed by atoms with van der Waals surface area (Å²) in [5.74, 6) is 1.86. The lowest BCUT2D eigenvalue weighted by molar-refractivity contribution is 0.0107. The summed E-state index contributed by atoms with van der Waals surface area (Å²) < 4.78 is 0. The molecule has 1 aliphatic heterocycles. The summed E-state index contributed by atoms with van der Waals surface area (Å²) in [6, 6.07) is 1.65. The van der Waals surface area contributed by atoms with Crippen LogP contribution in [0.2, 0.25) is 0 Å². The first-order chi connectivity index (χ1) is 9.63.